The Labute approximate surface area is 102 Å². The molecule has 0 saturated heterocycles. The number of hydrogen-bond acceptors (Lipinski definition) is 3. The molecule has 16 heavy (non-hydrogen) atoms. The highest BCUT2D eigenvalue weighted by atomic mass is 32.1. The number of para-hydroxylation sites is 1. The van der Waals surface area contributed by atoms with Gasteiger partial charge in [-0.25, -0.2) is 0 Å². The molecule has 0 unspecified atom stereocenters. The molecule has 0 radical (unpaired) electrons. The first-order valence-corrected chi connectivity index (χ1v) is 5.83. The van der Waals surface area contributed by atoms with Crippen molar-refractivity contribution in [3.63, 3.8) is 0 Å². The van der Waals surface area contributed by atoms with Gasteiger partial charge in [-0.2, -0.15) is 12.6 Å². The van der Waals surface area contributed by atoms with E-state index in [4.69, 9.17) is 4.74 Å². The Balaban J connectivity index is 2.60. The van der Waals surface area contributed by atoms with Gasteiger partial charge >= 0.3 is 0 Å². The lowest BCUT2D eigenvalue weighted by Gasteiger charge is -2.25. The molecule has 0 atom stereocenters. The van der Waals surface area contributed by atoms with Crippen LogP contribution in [0.2, 0.25) is 0 Å². The number of carbonyl (C=O) groups is 1. The lowest BCUT2D eigenvalue weighted by Crippen LogP contribution is -2.47. The standard InChI is InChI=1S/C12H17NO2S/c1-12(2,11(14)13-8-9-16)15-10-6-4-3-5-7-10/h3-7,16H,8-9H2,1-2H3,(H,13,14). The van der Waals surface area contributed by atoms with Gasteiger partial charge in [0.1, 0.15) is 5.75 Å². The summed E-state index contributed by atoms with van der Waals surface area (Å²) in [5.74, 6) is 1.17. The summed E-state index contributed by atoms with van der Waals surface area (Å²) in [4.78, 5) is 11.8. The van der Waals surface area contributed by atoms with E-state index in [0.717, 1.165) is 0 Å². The van der Waals surface area contributed by atoms with Crippen molar-refractivity contribution in [1.29, 1.82) is 0 Å². The molecule has 0 aliphatic heterocycles. The largest absolute Gasteiger partial charge is 0.478 e. The van der Waals surface area contributed by atoms with Crippen molar-refractivity contribution in [2.24, 2.45) is 0 Å². The third kappa shape index (κ3) is 3.77. The van der Waals surface area contributed by atoms with Gasteiger partial charge in [0, 0.05) is 12.3 Å². The number of hydrogen-bond donors (Lipinski definition) is 2. The Bertz CT molecular complexity index is 338. The number of amides is 1. The third-order valence-corrected chi connectivity index (χ3v) is 2.28. The summed E-state index contributed by atoms with van der Waals surface area (Å²) in [5, 5.41) is 2.75. The summed E-state index contributed by atoms with van der Waals surface area (Å²) >= 11 is 4.03. The average Bonchev–Trinajstić information content (AvgIpc) is 2.26. The zero-order valence-electron chi connectivity index (χ0n) is 9.56. The molecule has 3 nitrogen and oxygen atoms in total. The van der Waals surface area contributed by atoms with Crippen LogP contribution in [0, 0.1) is 0 Å². The first-order chi connectivity index (χ1) is 7.56. The quantitative estimate of drug-likeness (QED) is 0.770. The number of nitrogens with one attached hydrogen (secondary N) is 1. The lowest BCUT2D eigenvalue weighted by atomic mass is 10.1. The van der Waals surface area contributed by atoms with Crippen molar-refractivity contribution in [3.8, 4) is 5.75 Å². The molecular formula is C12H17NO2S. The van der Waals surface area contributed by atoms with E-state index in [-0.39, 0.29) is 5.91 Å². The van der Waals surface area contributed by atoms with Crippen LogP contribution in [-0.2, 0) is 4.79 Å². The SMILES string of the molecule is CC(C)(Oc1ccccc1)C(=O)NCCS. The highest BCUT2D eigenvalue weighted by molar-refractivity contribution is 7.80. The molecule has 0 bridgehead atoms. The second kappa shape index (κ2) is 5.80. The second-order valence-electron chi connectivity index (χ2n) is 3.90. The summed E-state index contributed by atoms with van der Waals surface area (Å²) in [7, 11) is 0. The first kappa shape index (κ1) is 12.9. The number of rotatable bonds is 5. The fraction of sp³-hybridized carbons (Fsp3) is 0.417. The Kier molecular flexibility index (Phi) is 4.68. The summed E-state index contributed by atoms with van der Waals surface area (Å²) in [5.41, 5.74) is -0.871. The normalized spacial score (nSPS) is 10.9. The number of ether oxygens (including phenoxy) is 1. The highest BCUT2D eigenvalue weighted by Gasteiger charge is 2.29. The van der Waals surface area contributed by atoms with Gasteiger partial charge in [-0.1, -0.05) is 18.2 Å². The summed E-state index contributed by atoms with van der Waals surface area (Å²) in [6.45, 7) is 4.03. The maximum Gasteiger partial charge on any atom is 0.263 e. The summed E-state index contributed by atoms with van der Waals surface area (Å²) in [6, 6.07) is 9.30. The van der Waals surface area contributed by atoms with E-state index in [1.807, 2.05) is 30.3 Å². The van der Waals surface area contributed by atoms with Crippen LogP contribution in [0.5, 0.6) is 5.75 Å². The van der Waals surface area contributed by atoms with Crippen molar-refractivity contribution in [2.45, 2.75) is 19.4 Å². The van der Waals surface area contributed by atoms with Crippen molar-refractivity contribution < 1.29 is 9.53 Å². The molecule has 1 aromatic rings. The topological polar surface area (TPSA) is 38.3 Å². The summed E-state index contributed by atoms with van der Waals surface area (Å²) in [6.07, 6.45) is 0. The van der Waals surface area contributed by atoms with E-state index < -0.39 is 5.60 Å². The molecule has 0 aliphatic carbocycles. The number of carbonyl (C=O) groups excluding carboxylic acids is 1. The van der Waals surface area contributed by atoms with Crippen LogP contribution < -0.4 is 10.1 Å². The highest BCUT2D eigenvalue weighted by Crippen LogP contribution is 2.17. The van der Waals surface area contributed by atoms with Crippen molar-refractivity contribution in [1.82, 2.24) is 5.32 Å². The molecule has 4 heteroatoms. The Morgan fingerprint density at radius 3 is 2.56 bits per heavy atom. The zero-order valence-corrected chi connectivity index (χ0v) is 10.5. The van der Waals surface area contributed by atoms with Crippen molar-refractivity contribution in [3.05, 3.63) is 30.3 Å². The van der Waals surface area contributed by atoms with Gasteiger partial charge < -0.3 is 10.1 Å². The molecule has 0 heterocycles. The van der Waals surface area contributed by atoms with Gasteiger partial charge in [-0.3, -0.25) is 4.79 Å². The van der Waals surface area contributed by atoms with E-state index in [9.17, 15) is 4.79 Å². The molecule has 0 fully saturated rings. The van der Waals surface area contributed by atoms with Gasteiger partial charge in [0.2, 0.25) is 0 Å². The van der Waals surface area contributed by atoms with Crippen LogP contribution in [0.4, 0.5) is 0 Å². The minimum Gasteiger partial charge on any atom is -0.478 e. The Morgan fingerprint density at radius 1 is 1.38 bits per heavy atom. The minimum absolute atomic E-state index is 0.134. The predicted molar refractivity (Wildman–Crippen MR) is 68.0 cm³/mol. The minimum atomic E-state index is -0.871. The number of thiol groups is 1. The first-order valence-electron chi connectivity index (χ1n) is 5.19. The van der Waals surface area contributed by atoms with E-state index in [2.05, 4.69) is 17.9 Å². The van der Waals surface area contributed by atoms with E-state index >= 15 is 0 Å². The van der Waals surface area contributed by atoms with Crippen LogP contribution in [0.25, 0.3) is 0 Å². The van der Waals surface area contributed by atoms with Crippen LogP contribution >= 0.6 is 12.6 Å². The summed E-state index contributed by atoms with van der Waals surface area (Å²) < 4.78 is 5.62. The smallest absolute Gasteiger partial charge is 0.263 e. The second-order valence-corrected chi connectivity index (χ2v) is 4.35. The van der Waals surface area contributed by atoms with Gasteiger partial charge in [0.05, 0.1) is 0 Å². The molecule has 1 aromatic carbocycles. The maximum atomic E-state index is 11.8. The van der Waals surface area contributed by atoms with Crippen LogP contribution in [0.1, 0.15) is 13.8 Å². The Hall–Kier alpha value is -1.16. The predicted octanol–water partition coefficient (Wildman–Crippen LogP) is 1.89. The molecule has 1 rings (SSSR count). The molecule has 0 aromatic heterocycles. The van der Waals surface area contributed by atoms with Crippen LogP contribution in [-0.4, -0.2) is 23.8 Å². The number of benzene rings is 1. The third-order valence-electron chi connectivity index (χ3n) is 2.06. The molecule has 88 valence electrons. The molecule has 0 aliphatic rings. The van der Waals surface area contributed by atoms with E-state index in [0.29, 0.717) is 18.0 Å². The Morgan fingerprint density at radius 2 is 2.00 bits per heavy atom. The molecule has 1 N–H and O–H groups in total. The fourth-order valence-corrected chi connectivity index (χ4v) is 1.32. The zero-order chi connectivity index (χ0) is 12.0. The van der Waals surface area contributed by atoms with Crippen LogP contribution in [0.3, 0.4) is 0 Å². The van der Waals surface area contributed by atoms with E-state index in [1.165, 1.54) is 0 Å². The van der Waals surface area contributed by atoms with Gasteiger partial charge in [0.25, 0.3) is 5.91 Å². The fourth-order valence-electron chi connectivity index (χ4n) is 1.21. The monoisotopic (exact) mass is 239 g/mol. The van der Waals surface area contributed by atoms with Crippen LogP contribution in [0.15, 0.2) is 30.3 Å². The molecule has 0 saturated carbocycles. The van der Waals surface area contributed by atoms with Gasteiger partial charge in [0.15, 0.2) is 5.60 Å². The van der Waals surface area contributed by atoms with Gasteiger partial charge in [-0.05, 0) is 26.0 Å². The maximum absolute atomic E-state index is 11.8. The molecule has 0 spiro atoms. The van der Waals surface area contributed by atoms with Crippen molar-refractivity contribution >= 4 is 18.5 Å². The van der Waals surface area contributed by atoms with Gasteiger partial charge in [-0.15, -0.1) is 0 Å². The molecule has 1 amide bonds. The van der Waals surface area contributed by atoms with Crippen molar-refractivity contribution in [2.75, 3.05) is 12.3 Å². The average molecular weight is 239 g/mol. The lowest BCUT2D eigenvalue weighted by molar-refractivity contribution is -0.134. The van der Waals surface area contributed by atoms with E-state index in [1.54, 1.807) is 13.8 Å². The molecular weight excluding hydrogens is 222 g/mol.